The third kappa shape index (κ3) is 8.35. The number of alkyl halides is 2. The molecule has 5 rings (SSSR count). The van der Waals surface area contributed by atoms with Crippen LogP contribution in [0.5, 0.6) is 0 Å². The largest absolute Gasteiger partial charge is 0.378 e. The van der Waals surface area contributed by atoms with E-state index < -0.39 is 27.9 Å². The molecule has 0 radical (unpaired) electrons. The van der Waals surface area contributed by atoms with Crippen molar-refractivity contribution in [3.63, 3.8) is 0 Å². The second kappa shape index (κ2) is 15.9. The lowest BCUT2D eigenvalue weighted by atomic mass is 9.86. The van der Waals surface area contributed by atoms with Gasteiger partial charge in [0.2, 0.25) is 11.9 Å². The summed E-state index contributed by atoms with van der Waals surface area (Å²) in [5.74, 6) is -0.0350. The van der Waals surface area contributed by atoms with Gasteiger partial charge in [-0.05, 0) is 50.7 Å². The van der Waals surface area contributed by atoms with Gasteiger partial charge in [-0.2, -0.15) is 9.97 Å². The quantitative estimate of drug-likeness (QED) is 0.203. The van der Waals surface area contributed by atoms with Crippen LogP contribution in [0.4, 0.5) is 20.5 Å². The van der Waals surface area contributed by atoms with Crippen LogP contribution in [0.3, 0.4) is 0 Å². The number of sulfone groups is 1. The van der Waals surface area contributed by atoms with Gasteiger partial charge in [0, 0.05) is 34.6 Å². The summed E-state index contributed by atoms with van der Waals surface area (Å²) in [7, 11) is -3.72. The van der Waals surface area contributed by atoms with E-state index in [9.17, 15) is 22.0 Å². The van der Waals surface area contributed by atoms with Crippen LogP contribution in [0.25, 0.3) is 16.9 Å². The highest BCUT2D eigenvalue weighted by atomic mass is 32.2. The van der Waals surface area contributed by atoms with Crippen LogP contribution < -0.4 is 15.5 Å². The van der Waals surface area contributed by atoms with Crippen molar-refractivity contribution in [2.24, 2.45) is 5.92 Å². The number of allylic oxidation sites excluding steroid dienone is 2. The number of anilines is 2. The third-order valence-corrected chi connectivity index (χ3v) is 9.73. The molecule has 46 heavy (non-hydrogen) atoms. The lowest BCUT2D eigenvalue weighted by Crippen LogP contribution is -2.41. The number of aromatic nitrogens is 4. The predicted octanol–water partition coefficient (Wildman–Crippen LogP) is 5.48. The van der Waals surface area contributed by atoms with E-state index in [1.165, 1.54) is 16.7 Å². The Bertz CT molecular complexity index is 1660. The first-order chi connectivity index (χ1) is 22.2. The molecule has 3 heterocycles. The normalized spacial score (nSPS) is 19.0. The SMILES string of the molecule is C=C.C=C/C(=C\C)S(=O)(=O)CC(=O)NC1CCC(CNc2nc(N3CCOCC3)cc(-n3c(C(F)F)nc4ccccc43)n2)CC1.[HH].[HH]. The molecule has 2 aliphatic rings. The van der Waals surface area contributed by atoms with Crippen molar-refractivity contribution in [2.75, 3.05) is 48.8 Å². The molecule has 1 saturated carbocycles. The van der Waals surface area contributed by atoms with Crippen molar-refractivity contribution >= 4 is 38.5 Å². The summed E-state index contributed by atoms with van der Waals surface area (Å²) in [5.41, 5.74) is 0.980. The fourth-order valence-electron chi connectivity index (χ4n) is 5.70. The van der Waals surface area contributed by atoms with Crippen LogP contribution in [-0.4, -0.2) is 78.5 Å². The van der Waals surface area contributed by atoms with Gasteiger partial charge in [0.15, 0.2) is 15.7 Å². The number of imidazole rings is 1. The number of hydrogen-bond acceptors (Lipinski definition) is 9. The molecule has 1 saturated heterocycles. The number of halogens is 2. The number of morpholine rings is 1. The molecule has 2 N–H and O–H groups in total. The standard InChI is InChI=1S/C30H37F2N7O4S.C2H4.2H2/c1-3-22(4-2)44(41,42)19-27(40)34-21-11-9-20(10-12-21)18-33-30-36-25(38-13-15-43-16-14-38)17-26(37-30)39-24-8-6-5-7-23(24)35-29(39)28(31)32;1-2;;/h3-8,17,20-21,28H,1,9-16,18-19H2,2H3,(H,34,40)(H,33,36,37);1-2H2;2*1H/b22-4+;;;. The molecule has 2 aromatic heterocycles. The zero-order valence-corrected chi connectivity index (χ0v) is 26.8. The maximum atomic E-state index is 14.1. The Morgan fingerprint density at radius 3 is 2.43 bits per heavy atom. The molecule has 14 heteroatoms. The minimum absolute atomic E-state index is 0. The number of ether oxygens (including phenoxy) is 1. The monoisotopic (exact) mass is 661 g/mol. The predicted molar refractivity (Wildman–Crippen MR) is 180 cm³/mol. The molecule has 1 aromatic carbocycles. The second-order valence-corrected chi connectivity index (χ2v) is 12.9. The summed E-state index contributed by atoms with van der Waals surface area (Å²) >= 11 is 0. The first-order valence-electron chi connectivity index (χ1n) is 15.2. The van der Waals surface area contributed by atoms with E-state index in [-0.39, 0.29) is 25.5 Å². The van der Waals surface area contributed by atoms with E-state index in [1.807, 2.05) is 4.90 Å². The minimum atomic E-state index is -3.72. The number of amides is 1. The number of para-hydroxylation sites is 2. The molecule has 1 amide bonds. The fraction of sp³-hybridized carbons (Fsp3) is 0.438. The second-order valence-electron chi connectivity index (χ2n) is 10.9. The Hall–Kier alpha value is -4.17. The molecular formula is C32H45F2N7O4S. The molecular weight excluding hydrogens is 616 g/mol. The topological polar surface area (TPSA) is 131 Å². The average molecular weight is 662 g/mol. The number of nitrogens with one attached hydrogen (secondary N) is 2. The summed E-state index contributed by atoms with van der Waals surface area (Å²) < 4.78 is 59.9. The number of carbonyl (C=O) groups is 1. The van der Waals surface area contributed by atoms with Crippen LogP contribution in [0.15, 0.2) is 67.1 Å². The maximum Gasteiger partial charge on any atom is 0.296 e. The van der Waals surface area contributed by atoms with E-state index in [0.717, 1.165) is 12.8 Å². The molecule has 1 aliphatic heterocycles. The average Bonchev–Trinajstić information content (AvgIpc) is 3.46. The number of nitrogens with zero attached hydrogens (tertiary/aromatic N) is 5. The van der Waals surface area contributed by atoms with Gasteiger partial charge in [0.25, 0.3) is 6.43 Å². The zero-order chi connectivity index (χ0) is 33.3. The van der Waals surface area contributed by atoms with Crippen molar-refractivity contribution in [1.82, 2.24) is 24.8 Å². The van der Waals surface area contributed by atoms with Gasteiger partial charge in [0.05, 0.1) is 29.2 Å². The van der Waals surface area contributed by atoms with E-state index in [4.69, 9.17) is 9.72 Å². The van der Waals surface area contributed by atoms with Crippen LogP contribution in [0.1, 0.15) is 47.7 Å². The van der Waals surface area contributed by atoms with Crippen LogP contribution in [0, 0.1) is 5.92 Å². The summed E-state index contributed by atoms with van der Waals surface area (Å²) in [6, 6.07) is 8.56. The van der Waals surface area contributed by atoms with Crippen molar-refractivity contribution in [3.05, 3.63) is 73.0 Å². The lowest BCUT2D eigenvalue weighted by Gasteiger charge is -2.30. The maximum absolute atomic E-state index is 14.1. The number of carbonyl (C=O) groups excluding carboxylic acids is 1. The highest BCUT2D eigenvalue weighted by molar-refractivity contribution is 7.96. The first kappa shape index (κ1) is 34.7. The summed E-state index contributed by atoms with van der Waals surface area (Å²) in [4.78, 5) is 28.1. The Morgan fingerprint density at radius 1 is 1.11 bits per heavy atom. The summed E-state index contributed by atoms with van der Waals surface area (Å²) in [6.07, 6.45) is 2.86. The fourth-order valence-corrected chi connectivity index (χ4v) is 6.91. The Kier molecular flexibility index (Phi) is 12.0. The van der Waals surface area contributed by atoms with E-state index in [0.29, 0.717) is 74.3 Å². The van der Waals surface area contributed by atoms with Gasteiger partial charge in [0.1, 0.15) is 17.4 Å². The number of fused-ring (bicyclic) bond motifs is 1. The Morgan fingerprint density at radius 2 is 1.78 bits per heavy atom. The van der Waals surface area contributed by atoms with E-state index in [1.54, 1.807) is 37.3 Å². The van der Waals surface area contributed by atoms with Gasteiger partial charge >= 0.3 is 0 Å². The van der Waals surface area contributed by atoms with Crippen LogP contribution in [0.2, 0.25) is 0 Å². The lowest BCUT2D eigenvalue weighted by molar-refractivity contribution is -0.119. The van der Waals surface area contributed by atoms with Crippen molar-refractivity contribution in [2.45, 2.75) is 45.1 Å². The van der Waals surface area contributed by atoms with Gasteiger partial charge in [-0.1, -0.05) is 30.9 Å². The van der Waals surface area contributed by atoms with Gasteiger partial charge in [-0.15, -0.1) is 13.2 Å². The zero-order valence-electron chi connectivity index (χ0n) is 26.0. The molecule has 2 fully saturated rings. The minimum Gasteiger partial charge on any atom is -0.378 e. The van der Waals surface area contributed by atoms with Crippen molar-refractivity contribution < 1.29 is 29.6 Å². The smallest absolute Gasteiger partial charge is 0.296 e. The van der Waals surface area contributed by atoms with Crippen molar-refractivity contribution in [3.8, 4) is 5.82 Å². The van der Waals surface area contributed by atoms with Crippen molar-refractivity contribution in [1.29, 1.82) is 0 Å². The summed E-state index contributed by atoms with van der Waals surface area (Å²) in [5, 5.41) is 6.18. The van der Waals surface area contributed by atoms with Gasteiger partial charge < -0.3 is 20.3 Å². The Labute approximate surface area is 271 Å². The van der Waals surface area contributed by atoms with Gasteiger partial charge in [-0.25, -0.2) is 22.2 Å². The van der Waals surface area contributed by atoms with E-state index in [2.05, 4.69) is 40.3 Å². The highest BCUT2D eigenvalue weighted by Crippen LogP contribution is 2.30. The summed E-state index contributed by atoms with van der Waals surface area (Å²) in [6.45, 7) is 13.9. The number of rotatable bonds is 11. The van der Waals surface area contributed by atoms with Crippen LogP contribution >= 0.6 is 0 Å². The molecule has 3 aromatic rings. The Balaban J connectivity index is 0.00000196. The number of benzene rings is 1. The molecule has 252 valence electrons. The van der Waals surface area contributed by atoms with Gasteiger partial charge in [-0.3, -0.25) is 9.36 Å². The molecule has 0 spiro atoms. The molecule has 11 nitrogen and oxygen atoms in total. The molecule has 0 unspecified atom stereocenters. The van der Waals surface area contributed by atoms with Crippen LogP contribution in [-0.2, 0) is 19.4 Å². The number of hydrogen-bond donors (Lipinski definition) is 2. The molecule has 0 bridgehead atoms. The highest BCUT2D eigenvalue weighted by Gasteiger charge is 2.27. The van der Waals surface area contributed by atoms with E-state index >= 15 is 0 Å². The molecule has 0 atom stereocenters. The first-order valence-corrected chi connectivity index (χ1v) is 16.9. The third-order valence-electron chi connectivity index (χ3n) is 7.97. The molecule has 1 aliphatic carbocycles.